The number of aliphatic hydroxyl groups is 8. The Morgan fingerprint density at radius 3 is 2.13 bits per heavy atom. The van der Waals surface area contributed by atoms with Gasteiger partial charge < -0.3 is 50.3 Å². The molecule has 5 fully saturated rings. The van der Waals surface area contributed by atoms with Gasteiger partial charge in [0.05, 0.1) is 36.1 Å². The van der Waals surface area contributed by atoms with Crippen molar-refractivity contribution in [2.24, 2.45) is 45.3 Å². The summed E-state index contributed by atoms with van der Waals surface area (Å²) in [5.41, 5.74) is -3.78. The summed E-state index contributed by atoms with van der Waals surface area (Å²) in [4.78, 5) is 0. The lowest BCUT2D eigenvalue weighted by atomic mass is 9.34. The molecule has 16 atom stereocenters. The second kappa shape index (κ2) is 12.0. The van der Waals surface area contributed by atoms with Crippen molar-refractivity contribution in [3.05, 3.63) is 12.2 Å². The number of aliphatic hydroxyl groups excluding tert-OH is 6. The molecule has 1 saturated heterocycles. The first kappa shape index (κ1) is 36.6. The molecule has 0 bridgehead atoms. The first-order valence-electron chi connectivity index (χ1n) is 17.5. The SMILES string of the molecule is CC(C)(O)C=CC[C@](C)(O)C1CC[C@]2(C)C1C(OC1OC(CO)C(O)C(O)C1O)CC1[C@@]3(C)CCC(O)C(C)(C)C3C(O)C[C@]12C. The van der Waals surface area contributed by atoms with Gasteiger partial charge in [0, 0.05) is 0 Å². The molecule has 4 aliphatic carbocycles. The predicted molar refractivity (Wildman–Crippen MR) is 171 cm³/mol. The molecule has 46 heavy (non-hydrogen) atoms. The van der Waals surface area contributed by atoms with E-state index in [1.165, 1.54) is 0 Å². The highest BCUT2D eigenvalue weighted by atomic mass is 16.7. The lowest BCUT2D eigenvalue weighted by Gasteiger charge is -2.71. The number of rotatable bonds is 7. The normalized spacial score (nSPS) is 52.1. The number of hydrogen-bond acceptors (Lipinski definition) is 10. The lowest BCUT2D eigenvalue weighted by Crippen LogP contribution is -2.70. The Morgan fingerprint density at radius 2 is 1.52 bits per heavy atom. The monoisotopic (exact) mass is 654 g/mol. The Kier molecular flexibility index (Phi) is 9.55. The van der Waals surface area contributed by atoms with Crippen LogP contribution in [0.25, 0.3) is 0 Å². The van der Waals surface area contributed by atoms with E-state index in [0.717, 1.165) is 12.8 Å². The molecule has 0 aromatic rings. The van der Waals surface area contributed by atoms with Gasteiger partial charge in [-0.25, -0.2) is 0 Å². The molecule has 0 spiro atoms. The molecular formula is C36H62O10. The smallest absolute Gasteiger partial charge is 0.186 e. The van der Waals surface area contributed by atoms with E-state index in [1.807, 2.05) is 13.0 Å². The average Bonchev–Trinajstić information content (AvgIpc) is 3.31. The van der Waals surface area contributed by atoms with Crippen molar-refractivity contribution in [3.8, 4) is 0 Å². The summed E-state index contributed by atoms with van der Waals surface area (Å²) in [6.07, 6.45) is -0.895. The van der Waals surface area contributed by atoms with E-state index in [9.17, 15) is 40.9 Å². The fourth-order valence-electron chi connectivity index (χ4n) is 11.8. The van der Waals surface area contributed by atoms with Crippen molar-refractivity contribution in [2.75, 3.05) is 6.61 Å². The van der Waals surface area contributed by atoms with Crippen molar-refractivity contribution in [2.45, 2.75) is 161 Å². The Morgan fingerprint density at radius 1 is 0.870 bits per heavy atom. The van der Waals surface area contributed by atoms with Crippen LogP contribution >= 0.6 is 0 Å². The Hall–Kier alpha value is -0.660. The van der Waals surface area contributed by atoms with Crippen LogP contribution in [0.1, 0.15) is 100 Å². The fourth-order valence-corrected chi connectivity index (χ4v) is 11.8. The molecule has 10 nitrogen and oxygen atoms in total. The van der Waals surface area contributed by atoms with Gasteiger partial charge in [-0.15, -0.1) is 0 Å². The molecule has 5 rings (SSSR count). The minimum Gasteiger partial charge on any atom is -0.394 e. The van der Waals surface area contributed by atoms with E-state index in [0.29, 0.717) is 32.1 Å². The van der Waals surface area contributed by atoms with Gasteiger partial charge in [0.25, 0.3) is 0 Å². The van der Waals surface area contributed by atoms with Gasteiger partial charge >= 0.3 is 0 Å². The maximum Gasteiger partial charge on any atom is 0.186 e. The van der Waals surface area contributed by atoms with Gasteiger partial charge in [-0.05, 0) is 111 Å². The zero-order valence-corrected chi connectivity index (χ0v) is 29.1. The highest BCUT2D eigenvalue weighted by molar-refractivity contribution is 5.22. The third kappa shape index (κ3) is 5.64. The number of hydrogen-bond donors (Lipinski definition) is 8. The topological polar surface area (TPSA) is 180 Å². The van der Waals surface area contributed by atoms with E-state index in [-0.39, 0.29) is 34.5 Å². The van der Waals surface area contributed by atoms with E-state index in [2.05, 4.69) is 34.6 Å². The molecule has 0 radical (unpaired) electrons. The van der Waals surface area contributed by atoms with E-state index < -0.39 is 77.7 Å². The number of fused-ring (bicyclic) bond motifs is 5. The van der Waals surface area contributed by atoms with Crippen LogP contribution in [0.4, 0.5) is 0 Å². The summed E-state index contributed by atoms with van der Waals surface area (Å²) in [6, 6.07) is 0. The third-order valence-corrected chi connectivity index (χ3v) is 14.2. The zero-order chi connectivity index (χ0) is 34.4. The van der Waals surface area contributed by atoms with Gasteiger partial charge in [0.15, 0.2) is 6.29 Å². The molecule has 4 saturated carbocycles. The first-order chi connectivity index (χ1) is 21.0. The molecule has 10 heteroatoms. The molecule has 266 valence electrons. The highest BCUT2D eigenvalue weighted by Crippen LogP contribution is 2.76. The van der Waals surface area contributed by atoms with Gasteiger partial charge in [0.1, 0.15) is 24.4 Å². The van der Waals surface area contributed by atoms with Crippen LogP contribution in [0.5, 0.6) is 0 Å². The van der Waals surface area contributed by atoms with Crippen molar-refractivity contribution in [3.63, 3.8) is 0 Å². The van der Waals surface area contributed by atoms with Crippen LogP contribution in [0, 0.1) is 45.3 Å². The van der Waals surface area contributed by atoms with E-state index in [4.69, 9.17) is 9.47 Å². The lowest BCUT2D eigenvalue weighted by molar-refractivity contribution is -0.339. The van der Waals surface area contributed by atoms with Crippen molar-refractivity contribution in [1.82, 2.24) is 0 Å². The molecule has 5 aliphatic rings. The second-order valence-corrected chi connectivity index (χ2v) is 17.9. The molecule has 0 aromatic carbocycles. The zero-order valence-electron chi connectivity index (χ0n) is 29.1. The van der Waals surface area contributed by atoms with Gasteiger partial charge in [-0.1, -0.05) is 46.8 Å². The molecular weight excluding hydrogens is 592 g/mol. The fraction of sp³-hybridized carbons (Fsp3) is 0.944. The summed E-state index contributed by atoms with van der Waals surface area (Å²) in [6.45, 7) is 15.6. The van der Waals surface area contributed by atoms with Crippen molar-refractivity contribution >= 4 is 0 Å². The van der Waals surface area contributed by atoms with Crippen LogP contribution in [0.2, 0.25) is 0 Å². The molecule has 12 unspecified atom stereocenters. The molecule has 8 N–H and O–H groups in total. The minimum atomic E-state index is -1.57. The quantitative estimate of drug-likeness (QED) is 0.150. The van der Waals surface area contributed by atoms with E-state index in [1.54, 1.807) is 19.9 Å². The van der Waals surface area contributed by atoms with Gasteiger partial charge in [-0.2, -0.15) is 0 Å². The predicted octanol–water partition coefficient (Wildman–Crippen LogP) is 2.27. The van der Waals surface area contributed by atoms with Gasteiger partial charge in [0.2, 0.25) is 0 Å². The Labute approximate surface area is 274 Å². The number of ether oxygens (including phenoxy) is 2. The molecule has 1 heterocycles. The summed E-state index contributed by atoms with van der Waals surface area (Å²) in [7, 11) is 0. The molecule has 0 amide bonds. The minimum absolute atomic E-state index is 0.0649. The standard InChI is InChI=1S/C36H62O10/c1-31(2,43)12-9-13-36(8,44)19-10-15-34(6)25(19)21(45-30-28(42)27(41)26(40)22(18-37)46-30)16-23-33(5)14-11-24(39)32(3,4)29(33)20(38)17-35(23,34)7/h9,12,19-30,37-44H,10-11,13-18H2,1-8H3/t19?,20?,21?,22?,23?,24?,25?,26?,27?,28?,29?,30?,33-,34-,35-,36+/m1/s1. The second-order valence-electron chi connectivity index (χ2n) is 17.9. The third-order valence-electron chi connectivity index (χ3n) is 14.2. The van der Waals surface area contributed by atoms with Crippen LogP contribution in [-0.2, 0) is 9.47 Å². The maximum absolute atomic E-state index is 12.1. The largest absolute Gasteiger partial charge is 0.394 e. The summed E-state index contributed by atoms with van der Waals surface area (Å²) in [5, 5.41) is 87.5. The Balaban J connectivity index is 1.58. The van der Waals surface area contributed by atoms with Crippen LogP contribution < -0.4 is 0 Å². The average molecular weight is 655 g/mol. The first-order valence-corrected chi connectivity index (χ1v) is 17.5. The van der Waals surface area contributed by atoms with E-state index >= 15 is 0 Å². The maximum atomic E-state index is 12.1. The van der Waals surface area contributed by atoms with Crippen LogP contribution in [0.3, 0.4) is 0 Å². The summed E-state index contributed by atoms with van der Waals surface area (Å²) >= 11 is 0. The van der Waals surface area contributed by atoms with Crippen LogP contribution in [-0.4, -0.2) is 108 Å². The highest BCUT2D eigenvalue weighted by Gasteiger charge is 2.73. The summed E-state index contributed by atoms with van der Waals surface area (Å²) in [5.74, 6) is -0.539. The van der Waals surface area contributed by atoms with Crippen molar-refractivity contribution in [1.29, 1.82) is 0 Å². The van der Waals surface area contributed by atoms with Crippen molar-refractivity contribution < 1.29 is 50.3 Å². The van der Waals surface area contributed by atoms with Crippen LogP contribution in [0.15, 0.2) is 12.2 Å². The Bertz CT molecular complexity index is 1130. The van der Waals surface area contributed by atoms with Gasteiger partial charge in [-0.3, -0.25) is 0 Å². The molecule has 1 aliphatic heterocycles. The molecule has 0 aromatic heterocycles. The summed E-state index contributed by atoms with van der Waals surface area (Å²) < 4.78 is 12.6.